The molecule has 0 saturated carbocycles. The smallest absolute Gasteiger partial charge is 0.123 e. The predicted molar refractivity (Wildman–Crippen MR) is 100 cm³/mol. The predicted octanol–water partition coefficient (Wildman–Crippen LogP) is 5.76. The molecule has 0 unspecified atom stereocenters. The van der Waals surface area contributed by atoms with Crippen LogP contribution in [0, 0.1) is 29.5 Å². The van der Waals surface area contributed by atoms with E-state index in [1.54, 1.807) is 12.1 Å². The first-order chi connectivity index (χ1) is 11.5. The zero-order valence-electron chi connectivity index (χ0n) is 15.5. The van der Waals surface area contributed by atoms with E-state index >= 15 is 0 Å². The molecule has 0 amide bonds. The molecule has 24 heavy (non-hydrogen) atoms. The maximum atomic E-state index is 12.9. The zero-order valence-corrected chi connectivity index (χ0v) is 15.5. The third-order valence-electron chi connectivity index (χ3n) is 4.27. The summed E-state index contributed by atoms with van der Waals surface area (Å²) in [7, 11) is 0. The number of aliphatic hydroxyl groups is 1. The number of hydrogen-bond acceptors (Lipinski definition) is 1. The molecule has 2 heteroatoms. The van der Waals surface area contributed by atoms with Crippen LogP contribution in [0.3, 0.4) is 0 Å². The van der Waals surface area contributed by atoms with Crippen molar-refractivity contribution >= 4 is 0 Å². The first-order valence-electron chi connectivity index (χ1n) is 9.43. The first kappa shape index (κ1) is 20.7. The fraction of sp³-hybridized carbons (Fsp3) is 0.636. The number of unbranched alkanes of at least 4 members (excludes halogenated alkanes) is 4. The molecule has 1 aromatic rings. The van der Waals surface area contributed by atoms with Crippen molar-refractivity contribution in [3.63, 3.8) is 0 Å². The number of rotatable bonds is 10. The Balaban J connectivity index is 2.49. The molecule has 1 rings (SSSR count). The fourth-order valence-corrected chi connectivity index (χ4v) is 2.83. The second-order valence-corrected chi connectivity index (χ2v) is 7.10. The molecule has 134 valence electrons. The summed E-state index contributed by atoms with van der Waals surface area (Å²) < 4.78 is 12.9. The minimum absolute atomic E-state index is 0.0385. The van der Waals surface area contributed by atoms with Crippen molar-refractivity contribution in [3.8, 4) is 11.8 Å². The third-order valence-corrected chi connectivity index (χ3v) is 4.27. The highest BCUT2D eigenvalue weighted by atomic mass is 19.1. The van der Waals surface area contributed by atoms with Gasteiger partial charge >= 0.3 is 0 Å². The summed E-state index contributed by atoms with van der Waals surface area (Å²) in [5.41, 5.74) is 1.06. The van der Waals surface area contributed by atoms with Gasteiger partial charge in [0, 0.05) is 12.3 Å². The van der Waals surface area contributed by atoms with Crippen molar-refractivity contribution in [2.45, 2.75) is 78.2 Å². The van der Waals surface area contributed by atoms with Crippen LogP contribution in [-0.2, 0) is 6.42 Å². The lowest BCUT2D eigenvalue weighted by Gasteiger charge is -2.20. The van der Waals surface area contributed by atoms with Gasteiger partial charge in [-0.2, -0.15) is 0 Å². The van der Waals surface area contributed by atoms with Gasteiger partial charge in [0.2, 0.25) is 0 Å². The fourth-order valence-electron chi connectivity index (χ4n) is 2.83. The molecule has 2 atom stereocenters. The Morgan fingerprint density at radius 2 is 1.79 bits per heavy atom. The number of aryl methyl sites for hydroxylation is 1. The summed E-state index contributed by atoms with van der Waals surface area (Å²) in [4.78, 5) is 0. The highest BCUT2D eigenvalue weighted by Gasteiger charge is 2.18. The van der Waals surface area contributed by atoms with E-state index in [1.807, 2.05) is 0 Å². The summed E-state index contributed by atoms with van der Waals surface area (Å²) in [6, 6.07) is 6.53. The second kappa shape index (κ2) is 12.1. The van der Waals surface area contributed by atoms with Crippen LogP contribution in [0.25, 0.3) is 0 Å². The summed E-state index contributed by atoms with van der Waals surface area (Å²) in [6.45, 7) is 6.55. The molecule has 0 aliphatic carbocycles. The van der Waals surface area contributed by atoms with E-state index in [0.717, 1.165) is 31.2 Å². The quantitative estimate of drug-likeness (QED) is 0.427. The van der Waals surface area contributed by atoms with Crippen LogP contribution in [0.1, 0.15) is 71.3 Å². The van der Waals surface area contributed by atoms with Crippen LogP contribution in [0.2, 0.25) is 0 Å². The van der Waals surface area contributed by atoms with Crippen molar-refractivity contribution in [2.24, 2.45) is 11.8 Å². The van der Waals surface area contributed by atoms with Crippen molar-refractivity contribution in [2.75, 3.05) is 0 Å². The largest absolute Gasteiger partial charge is 0.392 e. The lowest BCUT2D eigenvalue weighted by Crippen LogP contribution is -2.21. The van der Waals surface area contributed by atoms with Crippen molar-refractivity contribution in [1.29, 1.82) is 0 Å². The second-order valence-electron chi connectivity index (χ2n) is 7.10. The molecule has 0 saturated heterocycles. The number of benzene rings is 1. The molecule has 1 N–H and O–H groups in total. The lowest BCUT2D eigenvalue weighted by molar-refractivity contribution is 0.114. The van der Waals surface area contributed by atoms with Crippen LogP contribution < -0.4 is 0 Å². The topological polar surface area (TPSA) is 20.2 Å². The SMILES string of the molecule is CCCCCCC#C[C@H](CC(C)C)[C@H](O)CCc1ccc(F)cc1. The Labute approximate surface area is 147 Å². The van der Waals surface area contributed by atoms with Gasteiger partial charge in [-0.15, -0.1) is 5.92 Å². The molecule has 0 aliphatic heterocycles. The van der Waals surface area contributed by atoms with Crippen LogP contribution in [0.4, 0.5) is 4.39 Å². The highest BCUT2D eigenvalue weighted by Crippen LogP contribution is 2.19. The Kier molecular flexibility index (Phi) is 10.4. The van der Waals surface area contributed by atoms with E-state index in [-0.39, 0.29) is 11.7 Å². The molecule has 0 fully saturated rings. The number of aliphatic hydroxyl groups excluding tert-OH is 1. The maximum absolute atomic E-state index is 12.9. The van der Waals surface area contributed by atoms with Gasteiger partial charge in [-0.3, -0.25) is 0 Å². The van der Waals surface area contributed by atoms with Crippen LogP contribution >= 0.6 is 0 Å². The molecule has 0 spiro atoms. The van der Waals surface area contributed by atoms with E-state index in [1.165, 1.54) is 31.4 Å². The van der Waals surface area contributed by atoms with Gasteiger partial charge in [0.25, 0.3) is 0 Å². The molecule has 0 aromatic heterocycles. The minimum Gasteiger partial charge on any atom is -0.392 e. The van der Waals surface area contributed by atoms with Crippen molar-refractivity contribution in [1.82, 2.24) is 0 Å². The Morgan fingerprint density at radius 1 is 1.08 bits per heavy atom. The van der Waals surface area contributed by atoms with Gasteiger partial charge < -0.3 is 5.11 Å². The van der Waals surface area contributed by atoms with Gasteiger partial charge in [0.05, 0.1) is 6.10 Å². The van der Waals surface area contributed by atoms with Gasteiger partial charge in [-0.25, -0.2) is 4.39 Å². The average molecular weight is 333 g/mol. The molecular weight excluding hydrogens is 299 g/mol. The standard InChI is InChI=1S/C22H33FO/c1-4-5-6-7-8-9-10-20(17-18(2)3)22(24)16-13-19-11-14-21(23)15-12-19/h11-12,14-15,18,20,22,24H,4-8,13,16-17H2,1-3H3/t20-,22-/m1/s1. The molecule has 0 heterocycles. The zero-order chi connectivity index (χ0) is 17.8. The van der Waals surface area contributed by atoms with Gasteiger partial charge in [0.1, 0.15) is 5.82 Å². The van der Waals surface area contributed by atoms with Crippen LogP contribution in [0.15, 0.2) is 24.3 Å². The molecule has 1 nitrogen and oxygen atoms in total. The van der Waals surface area contributed by atoms with Crippen LogP contribution in [-0.4, -0.2) is 11.2 Å². The molecule has 1 aromatic carbocycles. The Bertz CT molecular complexity index is 495. The summed E-state index contributed by atoms with van der Waals surface area (Å²) in [5.74, 6) is 6.93. The van der Waals surface area contributed by atoms with E-state index in [4.69, 9.17) is 0 Å². The monoisotopic (exact) mass is 332 g/mol. The summed E-state index contributed by atoms with van der Waals surface area (Å²) in [5, 5.41) is 10.5. The summed E-state index contributed by atoms with van der Waals surface area (Å²) in [6.07, 6.45) is 7.78. The van der Waals surface area contributed by atoms with E-state index < -0.39 is 6.10 Å². The third kappa shape index (κ3) is 9.08. The van der Waals surface area contributed by atoms with E-state index in [2.05, 4.69) is 32.6 Å². The lowest BCUT2D eigenvalue weighted by atomic mass is 9.89. The Hall–Kier alpha value is -1.33. The van der Waals surface area contributed by atoms with Gasteiger partial charge in [0.15, 0.2) is 0 Å². The van der Waals surface area contributed by atoms with E-state index in [0.29, 0.717) is 12.3 Å². The number of hydrogen-bond donors (Lipinski definition) is 1. The summed E-state index contributed by atoms with van der Waals surface area (Å²) >= 11 is 0. The van der Waals surface area contributed by atoms with Gasteiger partial charge in [-0.1, -0.05) is 58.1 Å². The van der Waals surface area contributed by atoms with Crippen molar-refractivity contribution < 1.29 is 9.50 Å². The normalized spacial score (nSPS) is 13.4. The molecule has 0 radical (unpaired) electrons. The molecule has 0 aliphatic rings. The molecule has 0 bridgehead atoms. The molecular formula is C22H33FO. The average Bonchev–Trinajstić information content (AvgIpc) is 2.55. The first-order valence-corrected chi connectivity index (χ1v) is 9.43. The number of halogens is 1. The van der Waals surface area contributed by atoms with E-state index in [9.17, 15) is 9.50 Å². The van der Waals surface area contributed by atoms with Gasteiger partial charge in [-0.05, 0) is 49.3 Å². The highest BCUT2D eigenvalue weighted by molar-refractivity contribution is 5.16. The van der Waals surface area contributed by atoms with Crippen LogP contribution in [0.5, 0.6) is 0 Å². The minimum atomic E-state index is -0.416. The van der Waals surface area contributed by atoms with Crippen molar-refractivity contribution in [3.05, 3.63) is 35.6 Å². The maximum Gasteiger partial charge on any atom is 0.123 e. The Morgan fingerprint density at radius 3 is 2.42 bits per heavy atom.